The molecule has 5 rings (SSSR count). The monoisotopic (exact) mass is 451 g/mol. The quantitative estimate of drug-likeness (QED) is 0.483. The Hall–Kier alpha value is -3.01. The third kappa shape index (κ3) is 5.68. The summed E-state index contributed by atoms with van der Waals surface area (Å²) in [6.45, 7) is 8.25. The van der Waals surface area contributed by atoms with Crippen LogP contribution >= 0.6 is 0 Å². The molecule has 0 spiro atoms. The lowest BCUT2D eigenvalue weighted by Crippen LogP contribution is -2.38. The Labute approximate surface area is 192 Å². The largest absolute Gasteiger partial charge is 0.476 e. The van der Waals surface area contributed by atoms with Crippen LogP contribution in [0.3, 0.4) is 0 Å². The van der Waals surface area contributed by atoms with Gasteiger partial charge in [-0.15, -0.1) is 0 Å². The molecule has 2 aliphatic rings. The van der Waals surface area contributed by atoms with Gasteiger partial charge >= 0.3 is 0 Å². The van der Waals surface area contributed by atoms with E-state index < -0.39 is 0 Å². The lowest BCUT2D eigenvalue weighted by molar-refractivity contribution is 0.0320. The Morgan fingerprint density at radius 3 is 2.61 bits per heavy atom. The zero-order valence-electron chi connectivity index (χ0n) is 18.7. The molecule has 0 bridgehead atoms. The first kappa shape index (κ1) is 21.8. The van der Waals surface area contributed by atoms with E-state index >= 15 is 0 Å². The Bertz CT molecular complexity index is 1070. The molecule has 2 aromatic heterocycles. The fraction of sp³-hybridized carbons (Fsp3) is 0.458. The van der Waals surface area contributed by atoms with Gasteiger partial charge in [-0.1, -0.05) is 18.2 Å². The molecule has 174 valence electrons. The predicted molar refractivity (Wildman–Crippen MR) is 124 cm³/mol. The molecule has 0 amide bonds. The number of rotatable bonds is 8. The summed E-state index contributed by atoms with van der Waals surface area (Å²) in [5, 5.41) is 9.97. The molecule has 0 atom stereocenters. The fourth-order valence-corrected chi connectivity index (χ4v) is 4.02. The van der Waals surface area contributed by atoms with Crippen LogP contribution < -0.4 is 9.64 Å². The Balaban J connectivity index is 1.29. The molecule has 2 fully saturated rings. The van der Waals surface area contributed by atoms with Gasteiger partial charge in [0, 0.05) is 55.8 Å². The summed E-state index contributed by atoms with van der Waals surface area (Å²) in [7, 11) is 0. The maximum Gasteiger partial charge on any atom is 0.217 e. The van der Waals surface area contributed by atoms with Crippen molar-refractivity contribution in [2.24, 2.45) is 10.2 Å². The Morgan fingerprint density at radius 1 is 0.970 bits per heavy atom. The van der Waals surface area contributed by atoms with Crippen molar-refractivity contribution in [3.63, 3.8) is 0 Å². The summed E-state index contributed by atoms with van der Waals surface area (Å²) in [4.78, 5) is 9.26. The van der Waals surface area contributed by atoms with Gasteiger partial charge in [-0.2, -0.15) is 15.2 Å². The van der Waals surface area contributed by atoms with E-state index in [0.29, 0.717) is 32.2 Å². The number of anilines is 1. The number of hydrogen-bond acceptors (Lipinski definition) is 9. The topological polar surface area (TPSA) is 84.9 Å². The van der Waals surface area contributed by atoms with Crippen LogP contribution in [0.1, 0.15) is 5.56 Å². The number of hydrogen-bond donors (Lipinski definition) is 0. The van der Waals surface area contributed by atoms with E-state index in [-0.39, 0.29) is 0 Å². The van der Waals surface area contributed by atoms with Crippen LogP contribution in [0.4, 0.5) is 11.5 Å². The molecule has 1 aromatic carbocycles. The first-order valence-electron chi connectivity index (χ1n) is 11.5. The minimum absolute atomic E-state index is 0.444. The summed E-state index contributed by atoms with van der Waals surface area (Å²) >= 11 is 0. The van der Waals surface area contributed by atoms with Crippen molar-refractivity contribution in [3.8, 4) is 5.88 Å². The SMILES string of the molecule is c1ccc2c(CN=Nc3cc(OCCN4CCOCC4)nc(N4CCOCC4)c3)coc2c1. The molecule has 3 aromatic rings. The van der Waals surface area contributed by atoms with Crippen molar-refractivity contribution in [2.45, 2.75) is 6.54 Å². The second kappa shape index (κ2) is 10.7. The average molecular weight is 452 g/mol. The van der Waals surface area contributed by atoms with Crippen molar-refractivity contribution in [2.75, 3.05) is 70.7 Å². The van der Waals surface area contributed by atoms with Crippen LogP contribution in [0, 0.1) is 0 Å². The number of azo groups is 1. The molecule has 0 radical (unpaired) electrons. The zero-order chi connectivity index (χ0) is 22.3. The molecule has 0 saturated carbocycles. The highest BCUT2D eigenvalue weighted by Crippen LogP contribution is 2.27. The molecule has 0 aliphatic carbocycles. The molecule has 2 aliphatic heterocycles. The third-order valence-corrected chi connectivity index (χ3v) is 5.86. The summed E-state index contributed by atoms with van der Waals surface area (Å²) in [6.07, 6.45) is 1.75. The number of furan rings is 1. The molecule has 9 nitrogen and oxygen atoms in total. The van der Waals surface area contributed by atoms with E-state index in [1.807, 2.05) is 36.4 Å². The van der Waals surface area contributed by atoms with E-state index in [2.05, 4.69) is 20.0 Å². The highest BCUT2D eigenvalue weighted by atomic mass is 16.5. The van der Waals surface area contributed by atoms with E-state index in [4.69, 9.17) is 23.6 Å². The smallest absolute Gasteiger partial charge is 0.217 e. The zero-order valence-corrected chi connectivity index (χ0v) is 18.7. The number of fused-ring (bicyclic) bond motifs is 1. The van der Waals surface area contributed by atoms with Gasteiger partial charge in [-0.3, -0.25) is 4.90 Å². The van der Waals surface area contributed by atoms with E-state index in [1.54, 1.807) is 6.26 Å². The maximum absolute atomic E-state index is 6.02. The van der Waals surface area contributed by atoms with Gasteiger partial charge in [0.15, 0.2) is 0 Å². The van der Waals surface area contributed by atoms with Gasteiger partial charge < -0.3 is 23.5 Å². The van der Waals surface area contributed by atoms with Crippen molar-refractivity contribution >= 4 is 22.5 Å². The van der Waals surface area contributed by atoms with Crippen molar-refractivity contribution in [1.29, 1.82) is 0 Å². The van der Waals surface area contributed by atoms with Crippen LogP contribution in [-0.4, -0.2) is 75.6 Å². The molecule has 0 N–H and O–H groups in total. The van der Waals surface area contributed by atoms with Crippen molar-refractivity contribution in [1.82, 2.24) is 9.88 Å². The number of para-hydroxylation sites is 1. The van der Waals surface area contributed by atoms with Crippen LogP contribution in [0.5, 0.6) is 5.88 Å². The minimum atomic E-state index is 0.444. The van der Waals surface area contributed by atoms with Crippen LogP contribution in [0.15, 0.2) is 57.3 Å². The van der Waals surface area contributed by atoms with Gasteiger partial charge in [-0.25, -0.2) is 0 Å². The van der Waals surface area contributed by atoms with Gasteiger partial charge in [0.1, 0.15) is 18.0 Å². The molecular formula is C24H29N5O4. The standard InChI is InChI=1S/C24H29N5O4/c1-2-4-22-21(3-1)19(18-33-22)17-25-27-20-15-23(29-8-12-31-13-9-29)26-24(16-20)32-14-7-28-5-10-30-11-6-28/h1-4,15-16,18H,5-14,17H2. The lowest BCUT2D eigenvalue weighted by Gasteiger charge is -2.28. The van der Waals surface area contributed by atoms with Crippen LogP contribution in [0.2, 0.25) is 0 Å². The summed E-state index contributed by atoms with van der Waals surface area (Å²) in [5.41, 5.74) is 2.59. The van der Waals surface area contributed by atoms with Crippen LogP contribution in [-0.2, 0) is 16.0 Å². The summed E-state index contributed by atoms with van der Waals surface area (Å²) in [6, 6.07) is 11.7. The second-order valence-electron chi connectivity index (χ2n) is 8.08. The van der Waals surface area contributed by atoms with Gasteiger partial charge in [0.2, 0.25) is 5.88 Å². The first-order chi connectivity index (χ1) is 16.3. The van der Waals surface area contributed by atoms with Crippen molar-refractivity contribution in [3.05, 3.63) is 48.2 Å². The highest BCUT2D eigenvalue weighted by molar-refractivity contribution is 5.80. The number of morpholine rings is 2. The number of pyridine rings is 1. The summed E-state index contributed by atoms with van der Waals surface area (Å²) < 4.78 is 22.5. The Morgan fingerprint density at radius 2 is 1.76 bits per heavy atom. The third-order valence-electron chi connectivity index (χ3n) is 5.86. The molecular weight excluding hydrogens is 422 g/mol. The van der Waals surface area contributed by atoms with Crippen molar-refractivity contribution < 1.29 is 18.6 Å². The molecule has 2 saturated heterocycles. The van der Waals surface area contributed by atoms with Gasteiger partial charge in [0.25, 0.3) is 0 Å². The Kier molecular flexibility index (Phi) is 7.10. The van der Waals surface area contributed by atoms with E-state index in [9.17, 15) is 0 Å². The number of aromatic nitrogens is 1. The average Bonchev–Trinajstić information content (AvgIpc) is 3.28. The fourth-order valence-electron chi connectivity index (χ4n) is 4.02. The second-order valence-corrected chi connectivity index (χ2v) is 8.08. The number of benzene rings is 1. The van der Waals surface area contributed by atoms with E-state index in [1.165, 1.54) is 0 Å². The maximum atomic E-state index is 6.02. The van der Waals surface area contributed by atoms with E-state index in [0.717, 1.165) is 74.0 Å². The molecule has 9 heteroatoms. The van der Waals surface area contributed by atoms with Crippen LogP contribution in [0.25, 0.3) is 11.0 Å². The highest BCUT2D eigenvalue weighted by Gasteiger charge is 2.16. The molecule has 4 heterocycles. The number of ether oxygens (including phenoxy) is 3. The molecule has 33 heavy (non-hydrogen) atoms. The predicted octanol–water partition coefficient (Wildman–Crippen LogP) is 3.66. The van der Waals surface area contributed by atoms with Gasteiger partial charge in [0.05, 0.1) is 44.9 Å². The van der Waals surface area contributed by atoms with Gasteiger partial charge in [-0.05, 0) is 6.07 Å². The lowest BCUT2D eigenvalue weighted by atomic mass is 10.2. The molecule has 0 unspecified atom stereocenters. The number of nitrogens with zero attached hydrogens (tertiary/aromatic N) is 5. The summed E-state index contributed by atoms with van der Waals surface area (Å²) in [5.74, 6) is 1.40. The minimum Gasteiger partial charge on any atom is -0.476 e. The normalized spacial score (nSPS) is 17.8. The first-order valence-corrected chi connectivity index (χ1v) is 11.5.